The summed E-state index contributed by atoms with van der Waals surface area (Å²) in [6.07, 6.45) is 1.17. The van der Waals surface area contributed by atoms with E-state index in [2.05, 4.69) is 9.83 Å². The fourth-order valence-corrected chi connectivity index (χ4v) is 6.88. The van der Waals surface area contributed by atoms with Crippen LogP contribution in [0.15, 0.2) is 77.1 Å². The third kappa shape index (κ3) is 5.57. The van der Waals surface area contributed by atoms with Crippen LogP contribution in [0.2, 0.25) is 5.02 Å². The summed E-state index contributed by atoms with van der Waals surface area (Å²) in [5.41, 5.74) is 2.43. The maximum Gasteiger partial charge on any atom is 0.266 e. The van der Waals surface area contributed by atoms with E-state index >= 15 is 0 Å². The number of hydrogen-bond donors (Lipinski definition) is 0. The van der Waals surface area contributed by atoms with Gasteiger partial charge in [-0.15, -0.1) is 11.3 Å². The smallest absolute Gasteiger partial charge is 0.266 e. The van der Waals surface area contributed by atoms with Gasteiger partial charge in [0.2, 0.25) is 5.69 Å². The van der Waals surface area contributed by atoms with Crippen molar-refractivity contribution in [1.82, 2.24) is 4.98 Å². The molecule has 9 nitrogen and oxygen atoms in total. The molecule has 1 aromatic heterocycles. The number of halogens is 1. The monoisotopic (exact) mass is 596 g/mol. The normalized spacial score (nSPS) is 14.7. The minimum Gasteiger partial charge on any atom is -0.497 e. The molecule has 1 aliphatic rings. The predicted molar refractivity (Wildman–Crippen MR) is 156 cm³/mol. The Morgan fingerprint density at radius 2 is 1.93 bits per heavy atom. The lowest BCUT2D eigenvalue weighted by Crippen LogP contribution is -2.40. The molecule has 1 atom stereocenters. The van der Waals surface area contributed by atoms with Gasteiger partial charge in [-0.3, -0.25) is 0 Å². The van der Waals surface area contributed by atoms with Gasteiger partial charge >= 0.3 is 0 Å². The number of thiazole rings is 1. The molecular formula is C28H25ClN4O5S2. The lowest BCUT2D eigenvalue weighted by Gasteiger charge is -2.37. The third-order valence-electron chi connectivity index (χ3n) is 6.31. The van der Waals surface area contributed by atoms with Crippen LogP contribution >= 0.6 is 22.9 Å². The van der Waals surface area contributed by atoms with Gasteiger partial charge in [-0.1, -0.05) is 23.7 Å². The van der Waals surface area contributed by atoms with E-state index in [0.29, 0.717) is 45.3 Å². The van der Waals surface area contributed by atoms with Gasteiger partial charge in [0.25, 0.3) is 10.0 Å². The van der Waals surface area contributed by atoms with Crippen molar-refractivity contribution in [3.8, 4) is 11.5 Å². The van der Waals surface area contributed by atoms with Crippen LogP contribution in [-0.2, 0) is 21.3 Å². The first-order valence-corrected chi connectivity index (χ1v) is 14.8. The number of ether oxygens (including phenoxy) is 3. The minimum atomic E-state index is -4.05. The Morgan fingerprint density at radius 1 is 1.15 bits per heavy atom. The molecule has 0 aliphatic carbocycles. The van der Waals surface area contributed by atoms with Crippen LogP contribution in [0.25, 0.3) is 4.85 Å². The lowest BCUT2D eigenvalue weighted by molar-refractivity contribution is 0.0809. The molecule has 0 saturated carbocycles. The number of nitrogens with zero attached hydrogens (tertiary/aromatic N) is 4. The second-order valence-corrected chi connectivity index (χ2v) is 12.0. The van der Waals surface area contributed by atoms with E-state index in [1.54, 1.807) is 68.3 Å². The predicted octanol–water partition coefficient (Wildman–Crippen LogP) is 6.30. The molecule has 5 rings (SSSR count). The van der Waals surface area contributed by atoms with Crippen LogP contribution in [0, 0.1) is 6.57 Å². The summed E-state index contributed by atoms with van der Waals surface area (Å²) in [4.78, 5) is 9.91. The number of aromatic nitrogens is 1. The second-order valence-electron chi connectivity index (χ2n) is 8.85. The fourth-order valence-electron chi connectivity index (χ4n) is 4.42. The third-order valence-corrected chi connectivity index (χ3v) is 9.19. The number of methoxy groups -OCH3 is 2. The van der Waals surface area contributed by atoms with E-state index in [4.69, 9.17) is 32.4 Å². The molecule has 1 unspecified atom stereocenters. The summed E-state index contributed by atoms with van der Waals surface area (Å²) in [6, 6.07) is 17.1. The molecule has 3 aromatic carbocycles. The van der Waals surface area contributed by atoms with Crippen LogP contribution in [0.4, 0.5) is 22.2 Å². The Balaban J connectivity index is 1.55. The molecule has 4 aromatic rings. The van der Waals surface area contributed by atoms with Crippen molar-refractivity contribution in [3.63, 3.8) is 0 Å². The van der Waals surface area contributed by atoms with Crippen LogP contribution in [0.3, 0.4) is 0 Å². The summed E-state index contributed by atoms with van der Waals surface area (Å²) in [6.45, 7) is 8.40. The lowest BCUT2D eigenvalue weighted by atomic mass is 10.1. The molecule has 2 heterocycles. The van der Waals surface area contributed by atoms with Crippen LogP contribution in [-0.4, -0.2) is 46.9 Å². The molecule has 0 N–H and O–H groups in total. The van der Waals surface area contributed by atoms with Gasteiger partial charge < -0.3 is 19.1 Å². The van der Waals surface area contributed by atoms with Crippen LogP contribution in [0.1, 0.15) is 5.56 Å². The molecule has 40 heavy (non-hydrogen) atoms. The maximum absolute atomic E-state index is 14.1. The minimum absolute atomic E-state index is 0.0505. The summed E-state index contributed by atoms with van der Waals surface area (Å²) < 4.78 is 46.2. The van der Waals surface area contributed by atoms with Crippen molar-refractivity contribution in [2.24, 2.45) is 0 Å². The Kier molecular flexibility index (Phi) is 8.14. The molecule has 0 amide bonds. The molecular weight excluding hydrogens is 572 g/mol. The van der Waals surface area contributed by atoms with Gasteiger partial charge in [-0.2, -0.15) is 0 Å². The van der Waals surface area contributed by atoms with Crippen LogP contribution < -0.4 is 18.7 Å². The van der Waals surface area contributed by atoms with Crippen molar-refractivity contribution in [1.29, 1.82) is 0 Å². The van der Waals surface area contributed by atoms with E-state index in [-0.39, 0.29) is 18.0 Å². The van der Waals surface area contributed by atoms with Gasteiger partial charge in [-0.25, -0.2) is 22.6 Å². The molecule has 206 valence electrons. The highest BCUT2D eigenvalue weighted by atomic mass is 35.5. The number of sulfonamides is 1. The maximum atomic E-state index is 14.1. The quantitative estimate of drug-likeness (QED) is 0.210. The Morgan fingerprint density at radius 3 is 2.60 bits per heavy atom. The first-order valence-electron chi connectivity index (χ1n) is 12.1. The molecule has 0 saturated heterocycles. The van der Waals surface area contributed by atoms with E-state index < -0.39 is 16.1 Å². The fraction of sp³-hybridized carbons (Fsp3) is 0.214. The largest absolute Gasteiger partial charge is 0.497 e. The van der Waals surface area contributed by atoms with Gasteiger partial charge in [0, 0.05) is 35.5 Å². The molecule has 0 fully saturated rings. The Labute approximate surface area is 242 Å². The molecule has 12 heteroatoms. The first-order chi connectivity index (χ1) is 19.3. The SMILES string of the molecule is [C-]#[N+]c1cc(Cl)ccc1N1CC(COC)Oc2cc(S(=O)(=O)N(Cc3ccc(OC)cc3)c3nccs3)ccc21. The zero-order valence-electron chi connectivity index (χ0n) is 21.7. The van der Waals surface area contributed by atoms with Crippen molar-refractivity contribution in [2.75, 3.05) is 36.6 Å². The summed E-state index contributed by atoms with van der Waals surface area (Å²) in [5.74, 6) is 1.04. The average Bonchev–Trinajstić information content (AvgIpc) is 3.50. The Bertz CT molecular complexity index is 1640. The van der Waals surface area contributed by atoms with E-state index in [0.717, 1.165) is 5.56 Å². The average molecular weight is 597 g/mol. The first kappa shape index (κ1) is 27.7. The zero-order chi connectivity index (χ0) is 28.3. The molecule has 0 bridgehead atoms. The van der Waals surface area contributed by atoms with E-state index in [1.807, 2.05) is 17.0 Å². The van der Waals surface area contributed by atoms with E-state index in [1.165, 1.54) is 21.7 Å². The van der Waals surface area contributed by atoms with Crippen LogP contribution in [0.5, 0.6) is 11.5 Å². The molecule has 1 aliphatic heterocycles. The molecule has 0 radical (unpaired) electrons. The summed E-state index contributed by atoms with van der Waals surface area (Å²) in [7, 11) is -0.899. The van der Waals surface area contributed by atoms with E-state index in [9.17, 15) is 8.42 Å². The Hall–Kier alpha value is -3.82. The summed E-state index contributed by atoms with van der Waals surface area (Å²) >= 11 is 7.37. The number of rotatable bonds is 9. The van der Waals surface area contributed by atoms with Crippen molar-refractivity contribution in [3.05, 3.63) is 94.2 Å². The highest BCUT2D eigenvalue weighted by Crippen LogP contribution is 2.44. The number of fused-ring (bicyclic) bond motifs is 1. The van der Waals surface area contributed by atoms with Gasteiger partial charge in [0.15, 0.2) is 5.13 Å². The van der Waals surface area contributed by atoms with Gasteiger partial charge in [0.05, 0.1) is 44.0 Å². The van der Waals surface area contributed by atoms with Crippen molar-refractivity contribution in [2.45, 2.75) is 17.5 Å². The van der Waals surface area contributed by atoms with Gasteiger partial charge in [0.1, 0.15) is 17.6 Å². The topological polar surface area (TPSA) is 85.6 Å². The standard InChI is InChI=1S/C28H25ClN4O5S2/c1-30-24-14-20(29)6-10-25(24)32-17-22(18-36-2)38-27-15-23(9-11-26(27)32)40(34,35)33(28-31-12-13-39-28)16-19-4-7-21(37-3)8-5-19/h4-15,22H,16-18H2,2-3H3. The number of hydrogen-bond acceptors (Lipinski definition) is 8. The second kappa shape index (κ2) is 11.7. The zero-order valence-corrected chi connectivity index (χ0v) is 24.0. The van der Waals surface area contributed by atoms with Gasteiger partial charge in [-0.05, 0) is 48.0 Å². The number of benzene rings is 3. The highest BCUT2D eigenvalue weighted by molar-refractivity contribution is 7.93. The summed E-state index contributed by atoms with van der Waals surface area (Å²) in [5, 5.41) is 2.53. The number of anilines is 3. The molecule has 0 spiro atoms. The van der Waals surface area contributed by atoms with Crippen molar-refractivity contribution >= 4 is 55.2 Å². The highest BCUT2D eigenvalue weighted by Gasteiger charge is 2.32. The van der Waals surface area contributed by atoms with Crippen molar-refractivity contribution < 1.29 is 22.6 Å².